The van der Waals surface area contributed by atoms with Gasteiger partial charge in [0.15, 0.2) is 5.65 Å². The quantitative estimate of drug-likeness (QED) is 0.452. The fraction of sp³-hybridized carbons (Fsp3) is 0.130. The average Bonchev–Trinajstić information content (AvgIpc) is 2.79. The third-order valence-corrected chi connectivity index (χ3v) is 5.00. The second kappa shape index (κ2) is 8.26. The Morgan fingerprint density at radius 2 is 1.78 bits per heavy atom. The number of carbonyl (C=O) groups excluding carboxylic acids is 1. The molecule has 162 valence electrons. The number of amides is 1. The van der Waals surface area contributed by atoms with Gasteiger partial charge >= 0.3 is 6.18 Å². The lowest BCUT2D eigenvalue weighted by Gasteiger charge is -2.14. The highest BCUT2D eigenvalue weighted by atomic mass is 19.4. The predicted molar refractivity (Wildman–Crippen MR) is 116 cm³/mol. The van der Waals surface area contributed by atoms with Crippen LogP contribution in [0.4, 0.5) is 24.8 Å². The van der Waals surface area contributed by atoms with E-state index in [-0.39, 0.29) is 5.56 Å². The normalized spacial score (nSPS) is 11.4. The molecule has 0 aliphatic rings. The zero-order chi connectivity index (χ0) is 22.9. The number of hydrogen-bond donors (Lipinski definition) is 2. The summed E-state index contributed by atoms with van der Waals surface area (Å²) in [7, 11) is 1.72. The first kappa shape index (κ1) is 21.2. The van der Waals surface area contributed by atoms with Crippen LogP contribution in [0.15, 0.2) is 60.9 Å². The van der Waals surface area contributed by atoms with Crippen LogP contribution >= 0.6 is 0 Å². The highest BCUT2D eigenvalue weighted by Gasteiger charge is 2.31. The van der Waals surface area contributed by atoms with Crippen molar-refractivity contribution in [2.24, 2.45) is 0 Å². The van der Waals surface area contributed by atoms with E-state index in [9.17, 15) is 18.0 Å². The van der Waals surface area contributed by atoms with E-state index in [1.54, 1.807) is 31.6 Å². The van der Waals surface area contributed by atoms with Gasteiger partial charge in [0.2, 0.25) is 5.95 Å². The number of anilines is 2. The second-order valence-corrected chi connectivity index (χ2v) is 7.09. The van der Waals surface area contributed by atoms with Crippen LogP contribution < -0.4 is 10.6 Å². The lowest BCUT2D eigenvalue weighted by atomic mass is 9.99. The summed E-state index contributed by atoms with van der Waals surface area (Å²) < 4.78 is 38.9. The maximum absolute atomic E-state index is 13.0. The van der Waals surface area contributed by atoms with Crippen LogP contribution in [0.1, 0.15) is 21.5 Å². The van der Waals surface area contributed by atoms with Gasteiger partial charge in [0, 0.05) is 41.6 Å². The predicted octanol–water partition coefficient (Wildman–Crippen LogP) is 5.31. The molecule has 0 atom stereocenters. The van der Waals surface area contributed by atoms with Crippen molar-refractivity contribution in [3.8, 4) is 11.1 Å². The molecule has 2 heterocycles. The molecule has 0 saturated carbocycles. The average molecular weight is 437 g/mol. The Bertz CT molecular complexity index is 1320. The fourth-order valence-electron chi connectivity index (χ4n) is 3.31. The van der Waals surface area contributed by atoms with E-state index in [0.717, 1.165) is 34.2 Å². The summed E-state index contributed by atoms with van der Waals surface area (Å²) in [5, 5.41) is 6.32. The number of halogens is 3. The summed E-state index contributed by atoms with van der Waals surface area (Å²) in [5.41, 5.74) is 2.45. The molecule has 9 heteroatoms. The summed E-state index contributed by atoms with van der Waals surface area (Å²) >= 11 is 0. The van der Waals surface area contributed by atoms with Crippen molar-refractivity contribution < 1.29 is 18.0 Å². The van der Waals surface area contributed by atoms with Crippen molar-refractivity contribution in [3.63, 3.8) is 0 Å². The van der Waals surface area contributed by atoms with E-state index in [1.165, 1.54) is 12.1 Å². The van der Waals surface area contributed by atoms with Crippen molar-refractivity contribution in [2.75, 3.05) is 17.7 Å². The minimum absolute atomic E-state index is 0.0745. The van der Waals surface area contributed by atoms with Gasteiger partial charge < -0.3 is 10.6 Å². The number of alkyl halides is 3. The van der Waals surface area contributed by atoms with Crippen molar-refractivity contribution in [3.05, 3.63) is 77.6 Å². The Morgan fingerprint density at radius 1 is 1.00 bits per heavy atom. The van der Waals surface area contributed by atoms with Crippen LogP contribution in [0.5, 0.6) is 0 Å². The molecule has 0 aliphatic carbocycles. The molecule has 1 amide bonds. The van der Waals surface area contributed by atoms with E-state index in [0.29, 0.717) is 17.3 Å². The van der Waals surface area contributed by atoms with E-state index in [4.69, 9.17) is 0 Å². The third kappa shape index (κ3) is 4.22. The van der Waals surface area contributed by atoms with E-state index < -0.39 is 17.6 Å². The van der Waals surface area contributed by atoms with Crippen LogP contribution in [-0.4, -0.2) is 27.9 Å². The molecule has 2 N–H and O–H groups in total. The van der Waals surface area contributed by atoms with E-state index in [2.05, 4.69) is 25.6 Å². The SMILES string of the molecule is CNc1ncc2cc(-c3cccc(NC(=O)c4cccc(C(F)(F)F)c4)c3C)cnc2n1. The Morgan fingerprint density at radius 3 is 2.53 bits per heavy atom. The number of rotatable bonds is 4. The maximum atomic E-state index is 13.0. The molecule has 0 bridgehead atoms. The monoisotopic (exact) mass is 437 g/mol. The highest BCUT2D eigenvalue weighted by molar-refractivity contribution is 6.05. The van der Waals surface area contributed by atoms with Crippen LogP contribution in [-0.2, 0) is 6.18 Å². The van der Waals surface area contributed by atoms with Crippen molar-refractivity contribution >= 4 is 28.6 Å². The third-order valence-electron chi connectivity index (χ3n) is 5.00. The summed E-state index contributed by atoms with van der Waals surface area (Å²) in [6.45, 7) is 1.82. The molecular weight excluding hydrogens is 419 g/mol. The molecule has 4 aromatic rings. The first-order valence-electron chi connectivity index (χ1n) is 9.65. The number of nitrogens with zero attached hydrogens (tertiary/aromatic N) is 3. The molecule has 0 spiro atoms. The van der Waals surface area contributed by atoms with Gasteiger partial charge in [-0.05, 0) is 48.4 Å². The molecule has 0 fully saturated rings. The van der Waals surface area contributed by atoms with Crippen LogP contribution in [0.3, 0.4) is 0 Å². The Balaban J connectivity index is 1.64. The molecule has 2 aromatic heterocycles. The molecule has 2 aromatic carbocycles. The fourth-order valence-corrected chi connectivity index (χ4v) is 3.31. The number of pyridine rings is 1. The van der Waals surface area contributed by atoms with Crippen LogP contribution in [0, 0.1) is 6.92 Å². The largest absolute Gasteiger partial charge is 0.416 e. The number of benzene rings is 2. The number of fused-ring (bicyclic) bond motifs is 1. The second-order valence-electron chi connectivity index (χ2n) is 7.09. The van der Waals surface area contributed by atoms with Gasteiger partial charge in [0.05, 0.1) is 5.56 Å². The minimum Gasteiger partial charge on any atom is -0.357 e. The smallest absolute Gasteiger partial charge is 0.357 e. The molecule has 0 radical (unpaired) electrons. The van der Waals surface area contributed by atoms with Gasteiger partial charge in [-0.2, -0.15) is 18.2 Å². The lowest BCUT2D eigenvalue weighted by molar-refractivity contribution is -0.137. The summed E-state index contributed by atoms with van der Waals surface area (Å²) in [5.74, 6) is -0.158. The number of aromatic nitrogens is 3. The molecule has 4 rings (SSSR count). The van der Waals surface area contributed by atoms with Gasteiger partial charge in [-0.25, -0.2) is 9.97 Å². The van der Waals surface area contributed by atoms with Crippen molar-refractivity contribution in [1.29, 1.82) is 0 Å². The standard InChI is InChI=1S/C23H18F3N5O/c1-13-18(15-9-16-12-29-22(27-2)31-20(16)28-11-15)7-4-8-19(13)30-21(32)14-5-3-6-17(10-14)23(24,25)26/h3-12H,1-2H3,(H,30,32)(H,27,28,29,31). The molecule has 0 saturated heterocycles. The Hall–Kier alpha value is -4.01. The Kier molecular flexibility index (Phi) is 5.48. The minimum atomic E-state index is -4.52. The molecule has 0 aliphatic heterocycles. The Labute approximate surface area is 181 Å². The highest BCUT2D eigenvalue weighted by Crippen LogP contribution is 2.31. The zero-order valence-electron chi connectivity index (χ0n) is 17.2. The van der Waals surface area contributed by atoms with Gasteiger partial charge in [0.1, 0.15) is 0 Å². The topological polar surface area (TPSA) is 79.8 Å². The summed E-state index contributed by atoms with van der Waals surface area (Å²) in [4.78, 5) is 25.5. The van der Waals surface area contributed by atoms with Crippen molar-refractivity contribution in [2.45, 2.75) is 13.1 Å². The first-order chi connectivity index (χ1) is 15.3. The number of carbonyl (C=O) groups is 1. The summed E-state index contributed by atoms with van der Waals surface area (Å²) in [6.07, 6.45) is -1.18. The van der Waals surface area contributed by atoms with Gasteiger partial charge in [-0.3, -0.25) is 4.79 Å². The lowest BCUT2D eigenvalue weighted by Crippen LogP contribution is -2.14. The van der Waals surface area contributed by atoms with E-state index in [1.807, 2.05) is 19.1 Å². The molecule has 0 unspecified atom stereocenters. The molecular formula is C23H18F3N5O. The van der Waals surface area contributed by atoms with Gasteiger partial charge in [-0.15, -0.1) is 0 Å². The van der Waals surface area contributed by atoms with Gasteiger partial charge in [0.25, 0.3) is 5.91 Å². The zero-order valence-corrected chi connectivity index (χ0v) is 17.2. The summed E-state index contributed by atoms with van der Waals surface area (Å²) in [6, 6.07) is 11.5. The number of nitrogens with one attached hydrogen (secondary N) is 2. The van der Waals surface area contributed by atoms with Crippen LogP contribution in [0.25, 0.3) is 22.2 Å². The molecule has 32 heavy (non-hydrogen) atoms. The van der Waals surface area contributed by atoms with Gasteiger partial charge in [-0.1, -0.05) is 18.2 Å². The van der Waals surface area contributed by atoms with Crippen LogP contribution in [0.2, 0.25) is 0 Å². The van der Waals surface area contributed by atoms with E-state index >= 15 is 0 Å². The first-order valence-corrected chi connectivity index (χ1v) is 9.65. The molecule has 6 nitrogen and oxygen atoms in total. The number of hydrogen-bond acceptors (Lipinski definition) is 5. The maximum Gasteiger partial charge on any atom is 0.416 e. The van der Waals surface area contributed by atoms with Crippen molar-refractivity contribution in [1.82, 2.24) is 15.0 Å².